The maximum atomic E-state index is 13.1. The van der Waals surface area contributed by atoms with Gasteiger partial charge in [0.05, 0.1) is 22.5 Å². The third-order valence-electron chi connectivity index (χ3n) is 5.06. The minimum Gasteiger partial charge on any atom is -0.408 e. The molecule has 3 heterocycles. The largest absolute Gasteiger partial charge is 0.419 e. The monoisotopic (exact) mass is 463 g/mol. The van der Waals surface area contributed by atoms with E-state index >= 15 is 0 Å². The van der Waals surface area contributed by atoms with Crippen molar-refractivity contribution in [3.8, 4) is 11.4 Å². The van der Waals surface area contributed by atoms with Crippen LogP contribution in [0.1, 0.15) is 11.5 Å². The molecule has 0 saturated carbocycles. The van der Waals surface area contributed by atoms with Gasteiger partial charge in [-0.2, -0.15) is 4.98 Å². The second kappa shape index (κ2) is 8.02. The van der Waals surface area contributed by atoms with Crippen LogP contribution < -0.4 is 10.5 Å². The van der Waals surface area contributed by atoms with Crippen molar-refractivity contribution in [3.63, 3.8) is 0 Å². The molecule has 5 rings (SSSR count). The van der Waals surface area contributed by atoms with E-state index in [0.29, 0.717) is 39.6 Å². The second-order valence-electron chi connectivity index (χ2n) is 7.25. The molecule has 3 aromatic heterocycles. The standard InChI is InChI=1S/C22H17N5O5S/c1-27-18-12-16(8-9-19(18)31-22(27)28)33(29,30)26-17-7-3-2-5-14(17)11-20-24-21(25-32-20)15-6-4-10-23-13-15/h2-10,12-13,26H,11H2,1H3. The molecule has 0 aliphatic heterocycles. The maximum Gasteiger partial charge on any atom is 0.419 e. The van der Waals surface area contributed by atoms with Crippen LogP contribution in [0.5, 0.6) is 0 Å². The van der Waals surface area contributed by atoms with Gasteiger partial charge in [-0.1, -0.05) is 23.4 Å². The van der Waals surface area contributed by atoms with Gasteiger partial charge in [0.25, 0.3) is 10.0 Å². The fourth-order valence-corrected chi connectivity index (χ4v) is 4.47. The summed E-state index contributed by atoms with van der Waals surface area (Å²) in [5, 5.41) is 3.97. The first-order chi connectivity index (χ1) is 15.9. The number of fused-ring (bicyclic) bond motifs is 1. The summed E-state index contributed by atoms with van der Waals surface area (Å²) in [6.07, 6.45) is 3.50. The Hall–Kier alpha value is -4.25. The van der Waals surface area contributed by atoms with Crippen molar-refractivity contribution in [1.29, 1.82) is 0 Å². The molecule has 5 aromatic rings. The highest BCUT2D eigenvalue weighted by Gasteiger charge is 2.19. The molecule has 0 aliphatic rings. The van der Waals surface area contributed by atoms with Gasteiger partial charge >= 0.3 is 5.76 Å². The molecule has 0 fully saturated rings. The molecule has 33 heavy (non-hydrogen) atoms. The Labute approximate surface area is 187 Å². The van der Waals surface area contributed by atoms with Gasteiger partial charge in [0, 0.05) is 25.0 Å². The number of para-hydroxylation sites is 1. The second-order valence-corrected chi connectivity index (χ2v) is 8.93. The number of nitrogens with zero attached hydrogens (tertiary/aromatic N) is 4. The molecule has 10 nitrogen and oxygen atoms in total. The van der Waals surface area contributed by atoms with Gasteiger partial charge in [-0.25, -0.2) is 13.2 Å². The van der Waals surface area contributed by atoms with Gasteiger partial charge in [0.2, 0.25) is 11.7 Å². The number of hydrogen-bond acceptors (Lipinski definition) is 8. The number of oxazole rings is 1. The van der Waals surface area contributed by atoms with E-state index in [4.69, 9.17) is 8.94 Å². The van der Waals surface area contributed by atoms with E-state index in [1.165, 1.54) is 29.8 Å². The van der Waals surface area contributed by atoms with Crippen molar-refractivity contribution in [2.45, 2.75) is 11.3 Å². The molecule has 11 heteroatoms. The van der Waals surface area contributed by atoms with E-state index in [-0.39, 0.29) is 11.3 Å². The third kappa shape index (κ3) is 4.01. The number of sulfonamides is 1. The summed E-state index contributed by atoms with van der Waals surface area (Å²) in [5.41, 5.74) is 2.43. The van der Waals surface area contributed by atoms with E-state index in [2.05, 4.69) is 19.8 Å². The molecular weight excluding hydrogens is 446 g/mol. The first-order valence-corrected chi connectivity index (χ1v) is 11.3. The number of aromatic nitrogens is 4. The van der Waals surface area contributed by atoms with Crippen molar-refractivity contribution in [3.05, 3.63) is 89.0 Å². The number of hydrogen-bond donors (Lipinski definition) is 1. The van der Waals surface area contributed by atoms with Crippen LogP contribution in [0.15, 0.2) is 85.6 Å². The zero-order valence-electron chi connectivity index (χ0n) is 17.3. The first kappa shape index (κ1) is 20.6. The highest BCUT2D eigenvalue weighted by molar-refractivity contribution is 7.92. The third-order valence-corrected chi connectivity index (χ3v) is 6.43. The average Bonchev–Trinajstić information content (AvgIpc) is 3.40. The minimum atomic E-state index is -3.95. The number of aryl methyl sites for hydroxylation is 1. The minimum absolute atomic E-state index is 0.00198. The lowest BCUT2D eigenvalue weighted by atomic mass is 10.1. The van der Waals surface area contributed by atoms with Gasteiger partial charge in [-0.15, -0.1) is 0 Å². The molecule has 0 radical (unpaired) electrons. The van der Waals surface area contributed by atoms with E-state index < -0.39 is 15.8 Å². The summed E-state index contributed by atoms with van der Waals surface area (Å²) in [6.45, 7) is 0. The summed E-state index contributed by atoms with van der Waals surface area (Å²) in [5.74, 6) is 0.161. The summed E-state index contributed by atoms with van der Waals surface area (Å²) < 4.78 is 40.4. The van der Waals surface area contributed by atoms with Gasteiger partial charge in [-0.3, -0.25) is 14.3 Å². The summed E-state index contributed by atoms with van der Waals surface area (Å²) in [6, 6.07) is 14.8. The Morgan fingerprint density at radius 2 is 1.94 bits per heavy atom. The van der Waals surface area contributed by atoms with Gasteiger partial charge < -0.3 is 8.94 Å². The van der Waals surface area contributed by atoms with Crippen LogP contribution in [0.3, 0.4) is 0 Å². The fraction of sp³-hybridized carbons (Fsp3) is 0.0909. The summed E-state index contributed by atoms with van der Waals surface area (Å²) in [4.78, 5) is 20.1. The molecule has 1 N–H and O–H groups in total. The Morgan fingerprint density at radius 1 is 1.09 bits per heavy atom. The zero-order valence-corrected chi connectivity index (χ0v) is 18.1. The highest BCUT2D eigenvalue weighted by atomic mass is 32.2. The number of nitrogens with one attached hydrogen (secondary N) is 1. The molecule has 2 aromatic carbocycles. The quantitative estimate of drug-likeness (QED) is 0.406. The molecule has 166 valence electrons. The normalized spacial score (nSPS) is 11.7. The molecule has 0 spiro atoms. The van der Waals surface area contributed by atoms with Crippen LogP contribution in [0.25, 0.3) is 22.5 Å². The number of rotatable bonds is 6. The lowest BCUT2D eigenvalue weighted by Gasteiger charge is -2.12. The smallest absolute Gasteiger partial charge is 0.408 e. The lowest BCUT2D eigenvalue weighted by molar-refractivity contribution is 0.386. The van der Waals surface area contributed by atoms with E-state index in [9.17, 15) is 13.2 Å². The van der Waals surface area contributed by atoms with Crippen LogP contribution in [-0.4, -0.2) is 28.1 Å². The first-order valence-electron chi connectivity index (χ1n) is 9.84. The number of anilines is 1. The van der Waals surface area contributed by atoms with Gasteiger partial charge in [0.15, 0.2) is 5.58 Å². The highest BCUT2D eigenvalue weighted by Crippen LogP contribution is 2.25. The summed E-state index contributed by atoms with van der Waals surface area (Å²) in [7, 11) is -2.44. The number of benzene rings is 2. The van der Waals surface area contributed by atoms with E-state index in [0.717, 1.165) is 0 Å². The predicted molar refractivity (Wildman–Crippen MR) is 119 cm³/mol. The van der Waals surface area contributed by atoms with Crippen LogP contribution >= 0.6 is 0 Å². The zero-order chi connectivity index (χ0) is 23.0. The Morgan fingerprint density at radius 3 is 2.76 bits per heavy atom. The lowest BCUT2D eigenvalue weighted by Crippen LogP contribution is -2.15. The van der Waals surface area contributed by atoms with Crippen molar-refractivity contribution >= 4 is 26.8 Å². The Kier molecular flexibility index (Phi) is 5.02. The van der Waals surface area contributed by atoms with Crippen molar-refractivity contribution in [1.82, 2.24) is 19.7 Å². The van der Waals surface area contributed by atoms with Crippen molar-refractivity contribution in [2.24, 2.45) is 7.05 Å². The van der Waals surface area contributed by atoms with Crippen LogP contribution in [0.4, 0.5) is 5.69 Å². The maximum absolute atomic E-state index is 13.1. The van der Waals surface area contributed by atoms with Crippen molar-refractivity contribution in [2.75, 3.05) is 4.72 Å². The van der Waals surface area contributed by atoms with Gasteiger partial charge in [-0.05, 0) is 42.0 Å². The average molecular weight is 463 g/mol. The van der Waals surface area contributed by atoms with Crippen LogP contribution in [-0.2, 0) is 23.5 Å². The van der Waals surface area contributed by atoms with Gasteiger partial charge in [0.1, 0.15) is 0 Å². The Balaban J connectivity index is 1.43. The molecular formula is C22H17N5O5S. The molecule has 0 saturated heterocycles. The SMILES string of the molecule is Cn1c(=O)oc2ccc(S(=O)(=O)Nc3ccccc3Cc3nc(-c4cccnc4)no3)cc21. The molecule has 0 atom stereocenters. The summed E-state index contributed by atoms with van der Waals surface area (Å²) >= 11 is 0. The molecule has 0 aliphatic carbocycles. The predicted octanol–water partition coefficient (Wildman–Crippen LogP) is 2.97. The number of pyridine rings is 1. The Bertz CT molecular complexity index is 1620. The van der Waals surface area contributed by atoms with Crippen LogP contribution in [0, 0.1) is 0 Å². The van der Waals surface area contributed by atoms with E-state index in [1.807, 2.05) is 6.07 Å². The fourth-order valence-electron chi connectivity index (χ4n) is 3.35. The molecule has 0 amide bonds. The van der Waals surface area contributed by atoms with Crippen LogP contribution in [0.2, 0.25) is 0 Å². The van der Waals surface area contributed by atoms with E-state index in [1.54, 1.807) is 42.7 Å². The molecule has 0 bridgehead atoms. The topological polar surface area (TPSA) is 133 Å². The molecule has 0 unspecified atom stereocenters. The van der Waals surface area contributed by atoms with Crippen molar-refractivity contribution < 1.29 is 17.4 Å².